The molecule has 0 fully saturated rings. The first-order valence-corrected chi connectivity index (χ1v) is 5.62. The number of ether oxygens (including phenoxy) is 1. The highest BCUT2D eigenvalue weighted by Crippen LogP contribution is 2.39. The summed E-state index contributed by atoms with van der Waals surface area (Å²) in [6, 6.07) is 6.37. The van der Waals surface area contributed by atoms with E-state index in [1.165, 1.54) is 12.1 Å². The Morgan fingerprint density at radius 2 is 1.74 bits per heavy atom. The molecule has 5 heteroatoms. The van der Waals surface area contributed by atoms with Crippen molar-refractivity contribution in [2.75, 3.05) is 6.61 Å². The Kier molecular flexibility index (Phi) is 2.35. The largest absolute Gasteiger partial charge is 0.508 e. The molecule has 3 N–H and O–H groups in total. The summed E-state index contributed by atoms with van der Waals surface area (Å²) in [6.07, 6.45) is 0.962. The predicted octanol–water partition coefficient (Wildman–Crippen LogP) is 1.97. The second-order valence-electron chi connectivity index (χ2n) is 4.26. The van der Waals surface area contributed by atoms with Gasteiger partial charge in [0.15, 0.2) is 5.76 Å². The Hall–Kier alpha value is -2.69. The maximum Gasteiger partial charge on any atom is 0.227 e. The smallest absolute Gasteiger partial charge is 0.227 e. The number of carbonyl (C=O) groups is 1. The minimum absolute atomic E-state index is 0.00748. The van der Waals surface area contributed by atoms with Gasteiger partial charge < -0.3 is 20.1 Å². The quantitative estimate of drug-likeness (QED) is 0.716. The molecule has 0 saturated carbocycles. The molecule has 0 atom stereocenters. The fourth-order valence-corrected chi connectivity index (χ4v) is 2.15. The van der Waals surface area contributed by atoms with Gasteiger partial charge in [0, 0.05) is 11.6 Å². The van der Waals surface area contributed by atoms with Crippen LogP contribution in [0.15, 0.2) is 53.2 Å². The van der Waals surface area contributed by atoms with E-state index >= 15 is 0 Å². The van der Waals surface area contributed by atoms with Crippen LogP contribution in [0.1, 0.15) is 5.56 Å². The van der Waals surface area contributed by atoms with Gasteiger partial charge >= 0.3 is 0 Å². The summed E-state index contributed by atoms with van der Waals surface area (Å²) in [5.41, 5.74) is 1.72. The van der Waals surface area contributed by atoms with Crippen molar-refractivity contribution in [2.24, 2.45) is 0 Å². The van der Waals surface area contributed by atoms with Crippen molar-refractivity contribution < 1.29 is 24.9 Å². The van der Waals surface area contributed by atoms with Gasteiger partial charge in [-0.15, -0.1) is 0 Å². The van der Waals surface area contributed by atoms with Crippen molar-refractivity contribution in [3.8, 4) is 5.75 Å². The molecule has 0 amide bonds. The van der Waals surface area contributed by atoms with E-state index < -0.39 is 11.5 Å². The van der Waals surface area contributed by atoms with Gasteiger partial charge in [-0.25, -0.2) is 0 Å². The van der Waals surface area contributed by atoms with Crippen molar-refractivity contribution in [3.63, 3.8) is 0 Å². The van der Waals surface area contributed by atoms with Gasteiger partial charge in [0.25, 0.3) is 0 Å². The summed E-state index contributed by atoms with van der Waals surface area (Å²) in [5.74, 6) is -1.26. The van der Waals surface area contributed by atoms with Crippen LogP contribution in [0.2, 0.25) is 0 Å². The number of benzene rings is 1. The van der Waals surface area contributed by atoms with Gasteiger partial charge in [0.05, 0.1) is 5.57 Å². The van der Waals surface area contributed by atoms with Gasteiger partial charge in [-0.3, -0.25) is 4.79 Å². The number of phenolic OH excluding ortho intramolecular Hbond substituents is 1. The maximum absolute atomic E-state index is 11.4. The first-order chi connectivity index (χ1) is 9.08. The second kappa shape index (κ2) is 3.91. The van der Waals surface area contributed by atoms with Crippen LogP contribution < -0.4 is 0 Å². The third-order valence-corrected chi connectivity index (χ3v) is 3.08. The zero-order valence-electron chi connectivity index (χ0n) is 9.75. The monoisotopic (exact) mass is 258 g/mol. The normalized spacial score (nSPS) is 18.3. The van der Waals surface area contributed by atoms with Crippen LogP contribution in [0.4, 0.5) is 0 Å². The van der Waals surface area contributed by atoms with E-state index in [2.05, 4.69) is 0 Å². The van der Waals surface area contributed by atoms with Crippen LogP contribution in [-0.4, -0.2) is 27.7 Å². The Balaban J connectivity index is 2.17. The van der Waals surface area contributed by atoms with Crippen LogP contribution in [0.5, 0.6) is 5.75 Å². The molecule has 1 heterocycles. The molecule has 0 unspecified atom stereocenters. The lowest BCUT2D eigenvalue weighted by Gasteiger charge is -2.11. The molecule has 0 aromatic heterocycles. The van der Waals surface area contributed by atoms with Crippen molar-refractivity contribution >= 4 is 11.4 Å². The minimum Gasteiger partial charge on any atom is -0.508 e. The van der Waals surface area contributed by atoms with Crippen molar-refractivity contribution in [3.05, 3.63) is 58.8 Å². The van der Waals surface area contributed by atoms with Crippen molar-refractivity contribution in [1.29, 1.82) is 0 Å². The van der Waals surface area contributed by atoms with E-state index in [0.29, 0.717) is 11.1 Å². The summed E-state index contributed by atoms with van der Waals surface area (Å²) < 4.78 is 5.28. The first kappa shape index (κ1) is 11.4. The number of hydrogen-bond acceptors (Lipinski definition) is 5. The highest BCUT2D eigenvalue weighted by molar-refractivity contribution is 6.06. The number of aromatic hydroxyl groups is 1. The summed E-state index contributed by atoms with van der Waals surface area (Å²) in [7, 11) is 0. The summed E-state index contributed by atoms with van der Waals surface area (Å²) >= 11 is 0. The van der Waals surface area contributed by atoms with Gasteiger partial charge in [0.2, 0.25) is 11.5 Å². The van der Waals surface area contributed by atoms with Crippen LogP contribution in [0.3, 0.4) is 0 Å². The summed E-state index contributed by atoms with van der Waals surface area (Å²) in [4.78, 5) is 11.4. The SMILES string of the molecule is O=C1C=C(O)C2=C(c3ccc(O)cc3)COC2=C1O. The lowest BCUT2D eigenvalue weighted by atomic mass is 9.95. The average molecular weight is 258 g/mol. The molecule has 0 spiro atoms. The number of phenols is 1. The van der Waals surface area contributed by atoms with E-state index in [-0.39, 0.29) is 23.9 Å². The molecule has 1 aromatic carbocycles. The number of aliphatic hydroxyl groups excluding tert-OH is 2. The van der Waals surface area contributed by atoms with Crippen LogP contribution in [0, 0.1) is 0 Å². The van der Waals surface area contributed by atoms with Gasteiger partial charge in [-0.05, 0) is 17.7 Å². The molecule has 3 rings (SSSR count). The fraction of sp³-hybridized carbons (Fsp3) is 0.0714. The third-order valence-electron chi connectivity index (χ3n) is 3.08. The van der Waals surface area contributed by atoms with E-state index in [4.69, 9.17) is 4.74 Å². The summed E-state index contributed by atoms with van der Waals surface area (Å²) in [5, 5.41) is 28.8. The fourth-order valence-electron chi connectivity index (χ4n) is 2.15. The zero-order chi connectivity index (χ0) is 13.6. The van der Waals surface area contributed by atoms with Crippen LogP contribution >= 0.6 is 0 Å². The first-order valence-electron chi connectivity index (χ1n) is 5.62. The van der Waals surface area contributed by atoms with Gasteiger partial charge in [-0.2, -0.15) is 0 Å². The minimum atomic E-state index is -0.678. The molecular weight excluding hydrogens is 248 g/mol. The van der Waals surface area contributed by atoms with Crippen molar-refractivity contribution in [2.45, 2.75) is 0 Å². The third kappa shape index (κ3) is 1.67. The number of ketones is 1. The highest BCUT2D eigenvalue weighted by Gasteiger charge is 2.34. The van der Waals surface area contributed by atoms with Crippen LogP contribution in [-0.2, 0) is 9.53 Å². The molecule has 5 nitrogen and oxygen atoms in total. The van der Waals surface area contributed by atoms with E-state index in [0.717, 1.165) is 11.6 Å². The standard InChI is InChI=1S/C14H10O5/c15-8-3-1-7(2-4-8)9-6-19-14-12(9)10(16)5-11(17)13(14)18/h1-5,15-16,18H,6H2. The number of rotatable bonds is 1. The second-order valence-corrected chi connectivity index (χ2v) is 4.26. The lowest BCUT2D eigenvalue weighted by molar-refractivity contribution is -0.114. The van der Waals surface area contributed by atoms with E-state index in [1.807, 2.05) is 0 Å². The molecule has 96 valence electrons. The number of allylic oxidation sites excluding steroid dienone is 1. The van der Waals surface area contributed by atoms with Gasteiger partial charge in [-0.1, -0.05) is 12.1 Å². The molecule has 0 radical (unpaired) electrons. The Morgan fingerprint density at radius 3 is 2.42 bits per heavy atom. The summed E-state index contributed by atoms with van der Waals surface area (Å²) in [6.45, 7) is 0.144. The topological polar surface area (TPSA) is 87.0 Å². The molecule has 0 bridgehead atoms. The Bertz CT molecular complexity index is 662. The Labute approximate surface area is 108 Å². The molecule has 0 saturated heterocycles. The molecule has 2 aliphatic rings. The van der Waals surface area contributed by atoms with E-state index in [9.17, 15) is 20.1 Å². The highest BCUT2D eigenvalue weighted by atomic mass is 16.5. The van der Waals surface area contributed by atoms with Crippen molar-refractivity contribution in [1.82, 2.24) is 0 Å². The van der Waals surface area contributed by atoms with E-state index in [1.54, 1.807) is 12.1 Å². The number of fused-ring (bicyclic) bond motifs is 1. The number of aliphatic hydroxyl groups is 2. The average Bonchev–Trinajstić information content (AvgIpc) is 2.82. The number of hydrogen-bond donors (Lipinski definition) is 3. The number of carbonyl (C=O) groups excluding carboxylic acids is 1. The van der Waals surface area contributed by atoms with Gasteiger partial charge in [0.1, 0.15) is 18.1 Å². The molecule has 1 aliphatic heterocycles. The maximum atomic E-state index is 11.4. The zero-order valence-corrected chi connectivity index (χ0v) is 9.75. The molecule has 1 aromatic rings. The van der Waals surface area contributed by atoms with Crippen LogP contribution in [0.25, 0.3) is 5.57 Å². The Morgan fingerprint density at radius 1 is 1.05 bits per heavy atom. The molecular formula is C14H10O5. The molecule has 1 aliphatic carbocycles. The predicted molar refractivity (Wildman–Crippen MR) is 66.4 cm³/mol. The lowest BCUT2D eigenvalue weighted by Crippen LogP contribution is -2.11. The molecule has 19 heavy (non-hydrogen) atoms.